The summed E-state index contributed by atoms with van der Waals surface area (Å²) < 4.78 is 1.57. The Labute approximate surface area is 156 Å². The van der Waals surface area contributed by atoms with Gasteiger partial charge in [-0.05, 0) is 37.3 Å². The van der Waals surface area contributed by atoms with Crippen molar-refractivity contribution < 1.29 is 9.59 Å². The molecular weight excluding hydrogens is 342 g/mol. The average molecular weight is 359 g/mol. The van der Waals surface area contributed by atoms with Crippen molar-refractivity contribution in [2.24, 2.45) is 0 Å². The smallest absolute Gasteiger partial charge is 0.255 e. The zero-order valence-electron chi connectivity index (χ0n) is 14.6. The van der Waals surface area contributed by atoms with E-state index in [0.29, 0.717) is 22.6 Å². The number of benzene rings is 1. The number of rotatable bonds is 5. The normalized spacial score (nSPS) is 10.1. The summed E-state index contributed by atoms with van der Waals surface area (Å²) in [7, 11) is 0. The summed E-state index contributed by atoms with van der Waals surface area (Å²) in [6.07, 6.45) is 9.88. The fourth-order valence-corrected chi connectivity index (χ4v) is 2.36. The molecule has 0 atom stereocenters. The lowest BCUT2D eigenvalue weighted by Gasteiger charge is -2.07. The minimum atomic E-state index is -0.281. The molecule has 0 unspecified atom stereocenters. The first-order chi connectivity index (χ1) is 13.0. The summed E-state index contributed by atoms with van der Waals surface area (Å²) in [6, 6.07) is 10.6. The van der Waals surface area contributed by atoms with E-state index in [1.807, 2.05) is 19.1 Å². The van der Waals surface area contributed by atoms with Crippen molar-refractivity contribution in [3.63, 3.8) is 0 Å². The van der Waals surface area contributed by atoms with Gasteiger partial charge in [0.05, 0.1) is 42.1 Å². The van der Waals surface area contributed by atoms with Gasteiger partial charge < -0.3 is 10.6 Å². The molecule has 3 rings (SSSR count). The number of nitrogens with one attached hydrogen (secondary N) is 2. The van der Waals surface area contributed by atoms with E-state index in [4.69, 9.17) is 6.42 Å². The maximum Gasteiger partial charge on any atom is 0.255 e. The van der Waals surface area contributed by atoms with Crippen LogP contribution in [0.25, 0.3) is 5.69 Å². The zero-order valence-corrected chi connectivity index (χ0v) is 14.6. The number of hydrogen-bond acceptors (Lipinski definition) is 4. The van der Waals surface area contributed by atoms with Crippen LogP contribution < -0.4 is 10.6 Å². The third kappa shape index (κ3) is 4.58. The van der Waals surface area contributed by atoms with Crippen molar-refractivity contribution in [1.82, 2.24) is 14.8 Å². The summed E-state index contributed by atoms with van der Waals surface area (Å²) >= 11 is 0. The maximum absolute atomic E-state index is 12.5. The Kier molecular flexibility index (Phi) is 5.28. The molecule has 2 amide bonds. The maximum atomic E-state index is 12.5. The number of pyridine rings is 1. The van der Waals surface area contributed by atoms with Crippen LogP contribution in [0, 0.1) is 19.3 Å². The van der Waals surface area contributed by atoms with Crippen molar-refractivity contribution in [3.8, 4) is 18.0 Å². The van der Waals surface area contributed by atoms with E-state index in [2.05, 4.69) is 26.6 Å². The number of terminal acetylenes is 1. The second kappa shape index (κ2) is 7.97. The van der Waals surface area contributed by atoms with E-state index < -0.39 is 0 Å². The quantitative estimate of drug-likeness (QED) is 0.686. The van der Waals surface area contributed by atoms with E-state index >= 15 is 0 Å². The minimum Gasteiger partial charge on any atom is -0.323 e. The molecule has 0 radical (unpaired) electrons. The fourth-order valence-electron chi connectivity index (χ4n) is 2.36. The molecule has 0 aliphatic rings. The number of amides is 2. The van der Waals surface area contributed by atoms with Crippen LogP contribution in [0.2, 0.25) is 0 Å². The second-order valence-corrected chi connectivity index (χ2v) is 5.80. The number of hydrogen-bond donors (Lipinski definition) is 2. The molecule has 2 aromatic heterocycles. The lowest BCUT2D eigenvalue weighted by molar-refractivity contribution is -0.115. The summed E-state index contributed by atoms with van der Waals surface area (Å²) in [5.41, 5.74) is 3.17. The molecule has 1 aromatic carbocycles. The summed E-state index contributed by atoms with van der Waals surface area (Å²) in [5, 5.41) is 9.66. The van der Waals surface area contributed by atoms with Crippen LogP contribution in [-0.4, -0.2) is 26.6 Å². The number of carbonyl (C=O) groups is 2. The molecule has 3 aromatic rings. The molecule has 2 heterocycles. The Morgan fingerprint density at radius 3 is 2.74 bits per heavy atom. The van der Waals surface area contributed by atoms with Gasteiger partial charge in [0, 0.05) is 11.3 Å². The van der Waals surface area contributed by atoms with Crippen LogP contribution in [0.15, 0.2) is 55.0 Å². The molecule has 0 saturated carbocycles. The lowest BCUT2D eigenvalue weighted by atomic mass is 10.2. The van der Waals surface area contributed by atoms with Gasteiger partial charge in [-0.3, -0.25) is 14.6 Å². The number of nitrogens with zero attached hydrogens (tertiary/aromatic N) is 3. The topological polar surface area (TPSA) is 88.9 Å². The molecule has 7 nitrogen and oxygen atoms in total. The van der Waals surface area contributed by atoms with Crippen molar-refractivity contribution in [2.75, 3.05) is 10.6 Å². The highest BCUT2D eigenvalue weighted by atomic mass is 16.2. The lowest BCUT2D eigenvalue weighted by Crippen LogP contribution is -2.12. The second-order valence-electron chi connectivity index (χ2n) is 5.80. The standard InChI is InChI=1S/C20H17N5O2/c1-3-5-19(26)23-17-12-22-25(13-17)18-7-4-6-15(10-18)20(27)24-16-9-8-14(2)21-11-16/h1,4,6-13H,5H2,2H3,(H,23,26)(H,24,27). The number of aromatic nitrogens is 3. The highest BCUT2D eigenvalue weighted by Gasteiger charge is 2.09. The molecule has 27 heavy (non-hydrogen) atoms. The van der Waals surface area contributed by atoms with Gasteiger partial charge in [0.2, 0.25) is 5.91 Å². The molecule has 0 aliphatic carbocycles. The van der Waals surface area contributed by atoms with Crippen LogP contribution in [0.1, 0.15) is 22.5 Å². The molecule has 0 fully saturated rings. The third-order valence-corrected chi connectivity index (χ3v) is 3.67. The number of anilines is 2. The average Bonchev–Trinajstić information content (AvgIpc) is 3.12. The van der Waals surface area contributed by atoms with Crippen LogP contribution in [-0.2, 0) is 4.79 Å². The van der Waals surface area contributed by atoms with Crippen molar-refractivity contribution in [3.05, 3.63) is 66.2 Å². The molecule has 0 aliphatic heterocycles. The molecule has 7 heteroatoms. The summed E-state index contributed by atoms with van der Waals surface area (Å²) in [6.45, 7) is 1.88. The molecule has 0 spiro atoms. The molecule has 2 N–H and O–H groups in total. The van der Waals surface area contributed by atoms with E-state index in [1.54, 1.807) is 41.3 Å². The van der Waals surface area contributed by atoms with Crippen LogP contribution in [0.3, 0.4) is 0 Å². The van der Waals surface area contributed by atoms with E-state index in [9.17, 15) is 9.59 Å². The van der Waals surface area contributed by atoms with Gasteiger partial charge in [0.1, 0.15) is 0 Å². The van der Waals surface area contributed by atoms with Gasteiger partial charge in [-0.25, -0.2) is 4.68 Å². The summed E-state index contributed by atoms with van der Waals surface area (Å²) in [5.74, 6) is 1.75. The Hall–Kier alpha value is -3.92. The zero-order chi connectivity index (χ0) is 19.2. The van der Waals surface area contributed by atoms with Gasteiger partial charge >= 0.3 is 0 Å². The number of aryl methyl sites for hydroxylation is 1. The van der Waals surface area contributed by atoms with Gasteiger partial charge in [-0.15, -0.1) is 6.42 Å². The van der Waals surface area contributed by atoms with Crippen LogP contribution in [0.4, 0.5) is 11.4 Å². The third-order valence-electron chi connectivity index (χ3n) is 3.67. The largest absolute Gasteiger partial charge is 0.323 e. The monoisotopic (exact) mass is 359 g/mol. The van der Waals surface area contributed by atoms with E-state index in [-0.39, 0.29) is 18.2 Å². The SMILES string of the molecule is C#CCC(=O)Nc1cnn(-c2cccc(C(=O)Nc3ccc(C)nc3)c2)c1. The first-order valence-corrected chi connectivity index (χ1v) is 8.17. The highest BCUT2D eigenvalue weighted by molar-refractivity contribution is 6.04. The Morgan fingerprint density at radius 1 is 1.15 bits per heavy atom. The molecule has 0 saturated heterocycles. The Balaban J connectivity index is 1.74. The van der Waals surface area contributed by atoms with Crippen molar-refractivity contribution in [2.45, 2.75) is 13.3 Å². The Bertz CT molecular complexity index is 1020. The van der Waals surface area contributed by atoms with Crippen molar-refractivity contribution in [1.29, 1.82) is 0 Å². The molecule has 0 bridgehead atoms. The Morgan fingerprint density at radius 2 is 2.00 bits per heavy atom. The predicted octanol–water partition coefficient (Wildman–Crippen LogP) is 2.79. The van der Waals surface area contributed by atoms with Gasteiger partial charge in [0.15, 0.2) is 0 Å². The van der Waals surface area contributed by atoms with E-state index in [1.165, 1.54) is 6.20 Å². The van der Waals surface area contributed by atoms with Crippen LogP contribution >= 0.6 is 0 Å². The minimum absolute atomic E-state index is 0.00525. The van der Waals surface area contributed by atoms with Gasteiger partial charge in [-0.2, -0.15) is 5.10 Å². The van der Waals surface area contributed by atoms with E-state index in [0.717, 1.165) is 5.69 Å². The van der Waals surface area contributed by atoms with Crippen LogP contribution in [0.5, 0.6) is 0 Å². The first kappa shape index (κ1) is 17.9. The van der Waals surface area contributed by atoms with Gasteiger partial charge in [-0.1, -0.05) is 12.0 Å². The molecule has 134 valence electrons. The van der Waals surface area contributed by atoms with Crippen molar-refractivity contribution >= 4 is 23.2 Å². The number of carbonyl (C=O) groups excluding carboxylic acids is 2. The molecular formula is C20H17N5O2. The predicted molar refractivity (Wildman–Crippen MR) is 103 cm³/mol. The highest BCUT2D eigenvalue weighted by Crippen LogP contribution is 2.15. The van der Waals surface area contributed by atoms with Gasteiger partial charge in [0.25, 0.3) is 5.91 Å². The summed E-state index contributed by atoms with van der Waals surface area (Å²) in [4.78, 5) is 28.2. The first-order valence-electron chi connectivity index (χ1n) is 8.17. The fraction of sp³-hybridized carbons (Fsp3) is 0.100.